The van der Waals surface area contributed by atoms with E-state index in [-0.39, 0.29) is 35.1 Å². The monoisotopic (exact) mass is 470 g/mol. The number of carbonyl (C=O) groups excluding carboxylic acids is 1. The predicted octanol–water partition coefficient (Wildman–Crippen LogP) is 2.09. The summed E-state index contributed by atoms with van der Waals surface area (Å²) in [4.78, 5) is 10.5. The molecule has 0 fully saturated rings. The van der Waals surface area contributed by atoms with Crippen molar-refractivity contribution in [1.82, 2.24) is 0 Å². The summed E-state index contributed by atoms with van der Waals surface area (Å²) < 4.78 is 63.7. The first-order chi connectivity index (χ1) is 15.0. The molecule has 168 valence electrons. The molecule has 0 heterocycles. The van der Waals surface area contributed by atoms with E-state index in [2.05, 4.69) is 0 Å². The Labute approximate surface area is 210 Å². The van der Waals surface area contributed by atoms with Crippen LogP contribution in [0, 0.1) is 12.7 Å². The molecule has 0 aliphatic heterocycles. The largest absolute Gasteiger partial charge is 1.00 e. The van der Waals surface area contributed by atoms with E-state index < -0.39 is 36.2 Å². The molecule has 0 saturated carbocycles. The molecule has 3 aromatic carbocycles. The van der Waals surface area contributed by atoms with Crippen LogP contribution in [0.4, 0.5) is 17.6 Å². The Morgan fingerprint density at radius 1 is 1.00 bits per heavy atom. The number of aryl methyl sites for hydroxylation is 1. The van der Waals surface area contributed by atoms with Gasteiger partial charge >= 0.3 is 35.7 Å². The molecule has 3 rings (SSSR count). The normalized spacial score (nSPS) is 11.9. The van der Waals surface area contributed by atoms with E-state index in [0.29, 0.717) is 28.2 Å². The quantitative estimate of drug-likeness (QED) is 0.392. The molecule has 3 aromatic rings. The summed E-state index contributed by atoms with van der Waals surface area (Å²) >= 11 is 0. The number of alkyl halides is 3. The Hall–Kier alpha value is -2.55. The van der Waals surface area contributed by atoms with Gasteiger partial charge in [0.2, 0.25) is 0 Å². The molecule has 0 aliphatic rings. The van der Waals surface area contributed by atoms with Crippen LogP contribution in [-0.4, -0.2) is 12.6 Å². The number of aliphatic carboxylic acids is 1. The van der Waals surface area contributed by atoms with Crippen molar-refractivity contribution >= 4 is 5.97 Å². The van der Waals surface area contributed by atoms with Gasteiger partial charge in [-0.2, -0.15) is 13.2 Å². The number of carboxylic acid groups (broad SMARTS) is 1. The first kappa shape index (κ1) is 26.7. The minimum absolute atomic E-state index is 0. The van der Waals surface area contributed by atoms with Gasteiger partial charge in [-0.15, -0.1) is 0 Å². The smallest absolute Gasteiger partial charge is 0.546 e. The van der Waals surface area contributed by atoms with Crippen molar-refractivity contribution in [2.24, 2.45) is 0 Å². The third-order valence-corrected chi connectivity index (χ3v) is 4.78. The second kappa shape index (κ2) is 11.0. The van der Waals surface area contributed by atoms with Crippen LogP contribution in [0.2, 0.25) is 0 Å². The van der Waals surface area contributed by atoms with Gasteiger partial charge < -0.3 is 19.4 Å². The number of benzene rings is 3. The number of hydrogen-bond acceptors (Lipinski definition) is 4. The minimum Gasteiger partial charge on any atom is -0.546 e. The van der Waals surface area contributed by atoms with Crippen molar-refractivity contribution in [3.63, 3.8) is 0 Å². The number of ether oxygens (including phenoxy) is 2. The summed E-state index contributed by atoms with van der Waals surface area (Å²) in [5, 5.41) is 10.5. The van der Waals surface area contributed by atoms with Crippen molar-refractivity contribution in [3.05, 3.63) is 83.2 Å². The van der Waals surface area contributed by atoms with Crippen LogP contribution in [-0.2, 0) is 11.0 Å². The topological polar surface area (TPSA) is 58.6 Å². The molecule has 1 atom stereocenters. The third kappa shape index (κ3) is 6.96. The van der Waals surface area contributed by atoms with Crippen LogP contribution in [0.3, 0.4) is 0 Å². The maximum atomic E-state index is 14.5. The summed E-state index contributed by atoms with van der Waals surface area (Å²) in [6, 6.07) is 13.6. The number of rotatable bonds is 7. The van der Waals surface area contributed by atoms with Gasteiger partial charge in [0.05, 0.1) is 11.5 Å². The number of hydrogen-bond donors (Lipinski definition) is 0. The first-order valence-electron chi connectivity index (χ1n) is 9.61. The van der Waals surface area contributed by atoms with Gasteiger partial charge in [0.1, 0.15) is 30.0 Å². The Bertz CT molecular complexity index is 1110. The molecule has 0 N–H and O–H groups in total. The van der Waals surface area contributed by atoms with Crippen molar-refractivity contribution in [2.75, 3.05) is 6.61 Å². The molecule has 0 bridgehead atoms. The fraction of sp³-hybridized carbons (Fsp3) is 0.208. The Balaban J connectivity index is 0.00000385. The molecule has 9 heteroatoms. The SMILES string of the molecule is Cc1cc(OC(C)c2cc(-c3ccc(C(F)(F)F)cc3)ccc2F)ccc1OCC(=O)[O-].[Na+]. The predicted molar refractivity (Wildman–Crippen MR) is 108 cm³/mol. The molecule has 0 amide bonds. The molecule has 1 unspecified atom stereocenters. The van der Waals surface area contributed by atoms with E-state index in [1.807, 2.05) is 0 Å². The second-order valence-electron chi connectivity index (χ2n) is 7.16. The molecule has 0 spiro atoms. The zero-order chi connectivity index (χ0) is 23.5. The van der Waals surface area contributed by atoms with Crippen LogP contribution in [0.15, 0.2) is 60.7 Å². The van der Waals surface area contributed by atoms with Crippen LogP contribution in [0.1, 0.15) is 29.7 Å². The van der Waals surface area contributed by atoms with Crippen molar-refractivity contribution < 1.29 is 66.5 Å². The average Bonchev–Trinajstić information content (AvgIpc) is 2.73. The average molecular weight is 470 g/mol. The molecule has 0 saturated heterocycles. The molecule has 0 aromatic heterocycles. The number of carbonyl (C=O) groups is 1. The van der Waals surface area contributed by atoms with Crippen molar-refractivity contribution in [3.8, 4) is 22.6 Å². The van der Waals surface area contributed by atoms with Gasteiger partial charge in [0, 0.05) is 5.56 Å². The number of halogens is 4. The van der Waals surface area contributed by atoms with Crippen LogP contribution in [0.5, 0.6) is 11.5 Å². The van der Waals surface area contributed by atoms with Crippen LogP contribution >= 0.6 is 0 Å². The summed E-state index contributed by atoms with van der Waals surface area (Å²) in [5.74, 6) is -1.10. The maximum absolute atomic E-state index is 14.5. The second-order valence-corrected chi connectivity index (χ2v) is 7.16. The van der Waals surface area contributed by atoms with E-state index in [0.717, 1.165) is 12.1 Å². The van der Waals surface area contributed by atoms with Crippen LogP contribution < -0.4 is 44.1 Å². The first-order valence-corrected chi connectivity index (χ1v) is 9.61. The van der Waals surface area contributed by atoms with E-state index >= 15 is 0 Å². The van der Waals surface area contributed by atoms with Gasteiger partial charge in [-0.25, -0.2) is 4.39 Å². The van der Waals surface area contributed by atoms with E-state index in [4.69, 9.17) is 9.47 Å². The summed E-state index contributed by atoms with van der Waals surface area (Å²) in [6.07, 6.45) is -5.14. The summed E-state index contributed by atoms with van der Waals surface area (Å²) in [7, 11) is 0. The summed E-state index contributed by atoms with van der Waals surface area (Å²) in [6.45, 7) is 2.76. The van der Waals surface area contributed by atoms with Crippen molar-refractivity contribution in [1.29, 1.82) is 0 Å². The van der Waals surface area contributed by atoms with E-state index in [9.17, 15) is 27.5 Å². The fourth-order valence-electron chi connectivity index (χ4n) is 3.15. The molecular weight excluding hydrogens is 451 g/mol. The summed E-state index contributed by atoms with van der Waals surface area (Å²) in [5.41, 5.74) is 1.15. The molecular formula is C24H19F4NaO4. The molecule has 4 nitrogen and oxygen atoms in total. The zero-order valence-corrected chi connectivity index (χ0v) is 20.2. The molecule has 33 heavy (non-hydrogen) atoms. The maximum Gasteiger partial charge on any atom is 1.00 e. The minimum atomic E-state index is -4.43. The van der Waals surface area contributed by atoms with Crippen molar-refractivity contribution in [2.45, 2.75) is 26.1 Å². The Kier molecular flexibility index (Phi) is 8.94. The van der Waals surface area contributed by atoms with Gasteiger partial charge in [0.25, 0.3) is 0 Å². The van der Waals surface area contributed by atoms with E-state index in [1.165, 1.54) is 36.4 Å². The Morgan fingerprint density at radius 2 is 1.64 bits per heavy atom. The van der Waals surface area contributed by atoms with Gasteiger partial charge in [-0.05, 0) is 73.0 Å². The standard InChI is InChI=1S/C24H20F4O4.Na/c1-14-11-19(8-10-22(14)31-13-23(29)30)32-15(2)20-12-17(5-9-21(20)25)16-3-6-18(7-4-16)24(26,27)28;/h3-12,15H,13H2,1-2H3,(H,29,30);/q;+1/p-1. The fourth-order valence-corrected chi connectivity index (χ4v) is 3.15. The van der Waals surface area contributed by atoms with Crippen LogP contribution in [0.25, 0.3) is 11.1 Å². The third-order valence-electron chi connectivity index (χ3n) is 4.78. The zero-order valence-electron chi connectivity index (χ0n) is 18.2. The number of carboxylic acids is 1. The van der Waals surface area contributed by atoms with Gasteiger partial charge in [-0.3, -0.25) is 0 Å². The van der Waals surface area contributed by atoms with Gasteiger partial charge in [0.15, 0.2) is 0 Å². The Morgan fingerprint density at radius 3 is 2.21 bits per heavy atom. The van der Waals surface area contributed by atoms with E-state index in [1.54, 1.807) is 26.0 Å². The van der Waals surface area contributed by atoms with Gasteiger partial charge in [-0.1, -0.05) is 18.2 Å². The molecule has 0 radical (unpaired) electrons. The molecule has 0 aliphatic carbocycles.